The molecular formula is C21H30O2. The number of carbonyl (C=O) groups excluding carboxylic acids is 1. The highest BCUT2D eigenvalue weighted by molar-refractivity contribution is 5.79. The monoisotopic (exact) mass is 314 g/mol. The summed E-state index contributed by atoms with van der Waals surface area (Å²) < 4.78 is 5.61. The van der Waals surface area contributed by atoms with Crippen LogP contribution < -0.4 is 0 Å². The molecule has 0 aliphatic heterocycles. The minimum Gasteiger partial charge on any atom is -0.381 e. The second-order valence-corrected chi connectivity index (χ2v) is 8.54. The summed E-state index contributed by atoms with van der Waals surface area (Å²) >= 11 is 0. The summed E-state index contributed by atoms with van der Waals surface area (Å²) in [4.78, 5) is 12.1. The molecule has 0 aromatic rings. The van der Waals surface area contributed by atoms with Gasteiger partial charge in [0.15, 0.2) is 0 Å². The van der Waals surface area contributed by atoms with E-state index in [9.17, 15) is 4.79 Å². The molecule has 2 heteroatoms. The fourth-order valence-electron chi connectivity index (χ4n) is 6.40. The van der Waals surface area contributed by atoms with Crippen molar-refractivity contribution in [2.75, 3.05) is 7.11 Å². The highest BCUT2D eigenvalue weighted by Gasteiger charge is 2.53. The van der Waals surface area contributed by atoms with Gasteiger partial charge in [-0.1, -0.05) is 18.6 Å². The van der Waals surface area contributed by atoms with Crippen LogP contribution in [-0.4, -0.2) is 19.0 Å². The normalized spacial score (nSPS) is 42.7. The second kappa shape index (κ2) is 5.58. The van der Waals surface area contributed by atoms with Crippen molar-refractivity contribution in [1.29, 1.82) is 0 Å². The quantitative estimate of drug-likeness (QED) is 0.729. The molecule has 1 unspecified atom stereocenters. The molecule has 1 saturated carbocycles. The third-order valence-corrected chi connectivity index (χ3v) is 7.60. The minimum atomic E-state index is 0.224. The summed E-state index contributed by atoms with van der Waals surface area (Å²) in [6.07, 6.45) is 12.5. The lowest BCUT2D eigenvalue weighted by Gasteiger charge is -2.48. The van der Waals surface area contributed by atoms with Crippen molar-refractivity contribution < 1.29 is 9.53 Å². The van der Waals surface area contributed by atoms with E-state index in [4.69, 9.17) is 4.74 Å². The molecule has 126 valence electrons. The standard InChI is InChI=1S/C21H30O2/c1-13(22)19-8-9-20-18-6-4-14-12-15(23-3)5-7-16(14)17(18)10-11-21(19,20)2/h10,15,18-20H,4-9,11-12H2,1-3H3/t15?,18-,19-,20+,21-/m1/s1. The van der Waals surface area contributed by atoms with Gasteiger partial charge in [0, 0.05) is 13.0 Å². The molecule has 1 fully saturated rings. The van der Waals surface area contributed by atoms with Crippen molar-refractivity contribution in [1.82, 2.24) is 0 Å². The fourth-order valence-corrected chi connectivity index (χ4v) is 6.40. The maximum Gasteiger partial charge on any atom is 0.133 e. The minimum absolute atomic E-state index is 0.224. The first-order chi connectivity index (χ1) is 11.0. The summed E-state index contributed by atoms with van der Waals surface area (Å²) in [5.74, 6) is 2.16. The summed E-state index contributed by atoms with van der Waals surface area (Å²) in [6, 6.07) is 0. The van der Waals surface area contributed by atoms with Gasteiger partial charge in [-0.05, 0) is 86.7 Å². The van der Waals surface area contributed by atoms with Crippen molar-refractivity contribution in [2.45, 2.75) is 71.3 Å². The van der Waals surface area contributed by atoms with Crippen LogP contribution >= 0.6 is 0 Å². The zero-order valence-corrected chi connectivity index (χ0v) is 14.9. The number of hydrogen-bond acceptors (Lipinski definition) is 2. The van der Waals surface area contributed by atoms with Gasteiger partial charge in [-0.3, -0.25) is 4.79 Å². The average Bonchev–Trinajstić information content (AvgIpc) is 2.91. The molecule has 5 atom stereocenters. The maximum atomic E-state index is 12.1. The van der Waals surface area contributed by atoms with Gasteiger partial charge < -0.3 is 4.74 Å². The van der Waals surface area contributed by atoms with Gasteiger partial charge in [0.05, 0.1) is 6.10 Å². The lowest BCUT2D eigenvalue weighted by molar-refractivity contribution is -0.124. The molecule has 0 amide bonds. The van der Waals surface area contributed by atoms with E-state index >= 15 is 0 Å². The molecule has 4 rings (SSSR count). The molecule has 0 aromatic heterocycles. The van der Waals surface area contributed by atoms with E-state index in [2.05, 4.69) is 13.0 Å². The van der Waals surface area contributed by atoms with Crippen LogP contribution in [0.15, 0.2) is 22.8 Å². The summed E-state index contributed by atoms with van der Waals surface area (Å²) in [5.41, 5.74) is 5.26. The zero-order valence-electron chi connectivity index (χ0n) is 14.9. The topological polar surface area (TPSA) is 26.3 Å². The Kier molecular flexibility index (Phi) is 3.79. The van der Waals surface area contributed by atoms with Crippen molar-refractivity contribution in [2.24, 2.45) is 23.2 Å². The summed E-state index contributed by atoms with van der Waals surface area (Å²) in [7, 11) is 1.85. The Balaban J connectivity index is 1.66. The molecule has 2 nitrogen and oxygen atoms in total. The van der Waals surface area contributed by atoms with Crippen LogP contribution in [0.5, 0.6) is 0 Å². The largest absolute Gasteiger partial charge is 0.381 e. The van der Waals surface area contributed by atoms with Crippen molar-refractivity contribution in [3.63, 3.8) is 0 Å². The third kappa shape index (κ3) is 2.28. The fraction of sp³-hybridized carbons (Fsp3) is 0.762. The molecule has 23 heavy (non-hydrogen) atoms. The Hall–Kier alpha value is -0.890. The van der Waals surface area contributed by atoms with Gasteiger partial charge in [-0.15, -0.1) is 0 Å². The van der Waals surface area contributed by atoms with Crippen molar-refractivity contribution in [3.05, 3.63) is 22.8 Å². The summed E-state index contributed by atoms with van der Waals surface area (Å²) in [6.45, 7) is 4.21. The first-order valence-corrected chi connectivity index (χ1v) is 9.49. The number of allylic oxidation sites excluding steroid dienone is 3. The highest BCUT2D eigenvalue weighted by Crippen LogP contribution is 2.61. The van der Waals surface area contributed by atoms with Gasteiger partial charge in [0.1, 0.15) is 5.78 Å². The molecule has 0 bridgehead atoms. The number of carbonyl (C=O) groups is 1. The van der Waals surface area contributed by atoms with Crippen molar-refractivity contribution in [3.8, 4) is 0 Å². The Morgan fingerprint density at radius 3 is 2.78 bits per heavy atom. The number of Topliss-reactive ketones (excluding diaryl/α,β-unsaturated/α-hetero) is 1. The molecule has 0 saturated heterocycles. The van der Waals surface area contributed by atoms with Crippen molar-refractivity contribution >= 4 is 5.78 Å². The Labute approximate surface area is 140 Å². The molecule has 0 N–H and O–H groups in total. The van der Waals surface area contributed by atoms with Crippen LogP contribution in [0.1, 0.15) is 65.2 Å². The molecule has 0 spiro atoms. The van der Waals surface area contributed by atoms with E-state index < -0.39 is 0 Å². The van der Waals surface area contributed by atoms with E-state index in [0.717, 1.165) is 31.1 Å². The lowest BCUT2D eigenvalue weighted by atomic mass is 9.57. The second-order valence-electron chi connectivity index (χ2n) is 8.54. The molecule has 0 aromatic carbocycles. The van der Waals surface area contributed by atoms with Crippen LogP contribution in [-0.2, 0) is 9.53 Å². The summed E-state index contributed by atoms with van der Waals surface area (Å²) in [5, 5.41) is 0. The number of methoxy groups -OCH3 is 1. The number of rotatable bonds is 2. The van der Waals surface area contributed by atoms with E-state index in [1.54, 1.807) is 16.7 Å². The van der Waals surface area contributed by atoms with Gasteiger partial charge in [-0.2, -0.15) is 0 Å². The first kappa shape index (κ1) is 15.6. The zero-order chi connectivity index (χ0) is 16.2. The van der Waals surface area contributed by atoms with Crippen LogP contribution in [0.4, 0.5) is 0 Å². The molecule has 4 aliphatic rings. The van der Waals surface area contributed by atoms with E-state index in [0.29, 0.717) is 17.8 Å². The molecule has 0 heterocycles. The third-order valence-electron chi connectivity index (χ3n) is 7.60. The SMILES string of the molecule is COC1CCC2=C(CC[C@@H]3C2=CC[C@]2(C)[C@@H](C(C)=O)CC[C@@H]32)C1. The average molecular weight is 314 g/mol. The predicted octanol–water partition coefficient (Wildman–Crippen LogP) is 4.84. The van der Waals surface area contributed by atoms with Crippen LogP contribution in [0.3, 0.4) is 0 Å². The predicted molar refractivity (Wildman–Crippen MR) is 92.1 cm³/mol. The smallest absolute Gasteiger partial charge is 0.133 e. The number of ketones is 1. The van der Waals surface area contributed by atoms with E-state index in [1.807, 2.05) is 14.0 Å². The lowest BCUT2D eigenvalue weighted by Crippen LogP contribution is -2.40. The van der Waals surface area contributed by atoms with Gasteiger partial charge in [0.25, 0.3) is 0 Å². The number of hydrogen-bond donors (Lipinski definition) is 0. The Bertz CT molecular complexity index is 585. The molecular weight excluding hydrogens is 284 g/mol. The molecule has 0 radical (unpaired) electrons. The van der Waals surface area contributed by atoms with Gasteiger partial charge in [0.2, 0.25) is 0 Å². The van der Waals surface area contributed by atoms with Crippen LogP contribution in [0.2, 0.25) is 0 Å². The van der Waals surface area contributed by atoms with Gasteiger partial charge in [-0.25, -0.2) is 0 Å². The Morgan fingerprint density at radius 1 is 1.22 bits per heavy atom. The number of fused-ring (bicyclic) bond motifs is 4. The number of ether oxygens (including phenoxy) is 1. The van der Waals surface area contributed by atoms with Gasteiger partial charge >= 0.3 is 0 Å². The highest BCUT2D eigenvalue weighted by atomic mass is 16.5. The van der Waals surface area contributed by atoms with Crippen LogP contribution in [0.25, 0.3) is 0 Å². The Morgan fingerprint density at radius 2 is 2.04 bits per heavy atom. The van der Waals surface area contributed by atoms with E-state index in [-0.39, 0.29) is 5.41 Å². The maximum absolute atomic E-state index is 12.1. The first-order valence-electron chi connectivity index (χ1n) is 9.49. The van der Waals surface area contributed by atoms with E-state index in [1.165, 1.54) is 32.1 Å². The molecule has 4 aliphatic carbocycles. The van der Waals surface area contributed by atoms with Crippen LogP contribution in [0, 0.1) is 23.2 Å².